The average Bonchev–Trinajstić information content (AvgIpc) is 3.17. The van der Waals surface area contributed by atoms with Crippen molar-refractivity contribution in [3.8, 4) is 11.5 Å². The molecule has 2 aliphatic heterocycles. The zero-order chi connectivity index (χ0) is 18.5. The number of likely N-dealkylation sites (tertiary alicyclic amines) is 1. The van der Waals surface area contributed by atoms with E-state index in [4.69, 9.17) is 9.15 Å². The Bertz CT molecular complexity index is 732. The predicted molar refractivity (Wildman–Crippen MR) is 99.6 cm³/mol. The highest BCUT2D eigenvalue weighted by Crippen LogP contribution is 2.24. The number of hydrogen-bond acceptors (Lipinski definition) is 6. The lowest BCUT2D eigenvalue weighted by Gasteiger charge is -2.36. The number of hydrogen-bond donors (Lipinski definition) is 0. The van der Waals surface area contributed by atoms with E-state index < -0.39 is 0 Å². The minimum absolute atomic E-state index is 0.300. The summed E-state index contributed by atoms with van der Waals surface area (Å²) in [5.74, 6) is 0.686. The summed E-state index contributed by atoms with van der Waals surface area (Å²) in [6.07, 6.45) is 4.86. The number of nitrogens with zero attached hydrogens (tertiary/aromatic N) is 4. The van der Waals surface area contributed by atoms with Gasteiger partial charge in [0.15, 0.2) is 0 Å². The zero-order valence-electron chi connectivity index (χ0n) is 15.6. The van der Waals surface area contributed by atoms with Gasteiger partial charge in [0, 0.05) is 24.7 Å². The highest BCUT2D eigenvalue weighted by atomic mass is 19.1. The van der Waals surface area contributed by atoms with Crippen LogP contribution < -0.4 is 0 Å². The van der Waals surface area contributed by atoms with Crippen LogP contribution in [0.4, 0.5) is 4.39 Å². The number of morpholine rings is 1. The van der Waals surface area contributed by atoms with Crippen LogP contribution in [0.5, 0.6) is 0 Å². The highest BCUT2D eigenvalue weighted by molar-refractivity contribution is 5.52. The van der Waals surface area contributed by atoms with Crippen LogP contribution in [0.25, 0.3) is 11.5 Å². The van der Waals surface area contributed by atoms with Crippen molar-refractivity contribution >= 4 is 0 Å². The van der Waals surface area contributed by atoms with Gasteiger partial charge in [-0.05, 0) is 50.6 Å². The average molecular weight is 374 g/mol. The first-order valence-electron chi connectivity index (χ1n) is 9.90. The number of benzene rings is 1. The van der Waals surface area contributed by atoms with Crippen LogP contribution in [-0.2, 0) is 11.3 Å². The van der Waals surface area contributed by atoms with Crippen LogP contribution in [0.3, 0.4) is 0 Å². The van der Waals surface area contributed by atoms with Crippen LogP contribution in [0.15, 0.2) is 28.7 Å². The predicted octanol–water partition coefficient (Wildman–Crippen LogP) is 2.95. The normalized spacial score (nSPS) is 22.2. The second-order valence-corrected chi connectivity index (χ2v) is 7.37. The van der Waals surface area contributed by atoms with E-state index in [1.54, 1.807) is 12.1 Å². The summed E-state index contributed by atoms with van der Waals surface area (Å²) in [5, 5.41) is 8.30. The molecular formula is C20H27FN4O2. The third-order valence-electron chi connectivity index (χ3n) is 5.51. The molecule has 0 N–H and O–H groups in total. The molecule has 2 aliphatic rings. The third-order valence-corrected chi connectivity index (χ3v) is 5.51. The van der Waals surface area contributed by atoms with Crippen molar-refractivity contribution in [2.75, 3.05) is 39.4 Å². The summed E-state index contributed by atoms with van der Waals surface area (Å²) >= 11 is 0. The Morgan fingerprint density at radius 1 is 1.11 bits per heavy atom. The standard InChI is InChI=1S/C20H27FN4O2/c21-17-5-3-4-16(14-17)20-23-22-19(27-20)15-25-8-2-1-6-18(25)7-9-24-10-12-26-13-11-24/h3-5,14,18H,1-2,6-13,15H2/t18-/m0/s1. The van der Waals surface area contributed by atoms with Crippen LogP contribution in [0.2, 0.25) is 0 Å². The van der Waals surface area contributed by atoms with Gasteiger partial charge in [0.25, 0.3) is 0 Å². The maximum Gasteiger partial charge on any atom is 0.247 e. The highest BCUT2D eigenvalue weighted by Gasteiger charge is 2.25. The van der Waals surface area contributed by atoms with Crippen LogP contribution >= 0.6 is 0 Å². The molecule has 0 spiro atoms. The molecule has 4 rings (SSSR count). The summed E-state index contributed by atoms with van der Waals surface area (Å²) in [6.45, 7) is 6.60. The number of aromatic nitrogens is 2. The molecule has 3 heterocycles. The molecule has 7 heteroatoms. The molecule has 0 unspecified atom stereocenters. The van der Waals surface area contributed by atoms with E-state index in [1.165, 1.54) is 31.4 Å². The SMILES string of the molecule is Fc1cccc(-c2nnc(CN3CCCC[C@H]3CCN3CCOCC3)o2)c1. The Morgan fingerprint density at radius 2 is 2.00 bits per heavy atom. The molecule has 6 nitrogen and oxygen atoms in total. The second kappa shape index (κ2) is 8.91. The van der Waals surface area contributed by atoms with Crippen molar-refractivity contribution < 1.29 is 13.5 Å². The minimum atomic E-state index is -0.300. The minimum Gasteiger partial charge on any atom is -0.419 e. The molecule has 0 radical (unpaired) electrons. The summed E-state index contributed by atoms with van der Waals surface area (Å²) in [7, 11) is 0. The maximum absolute atomic E-state index is 13.4. The molecule has 1 aromatic heterocycles. The van der Waals surface area contributed by atoms with Gasteiger partial charge >= 0.3 is 0 Å². The molecule has 2 aromatic rings. The fraction of sp³-hybridized carbons (Fsp3) is 0.600. The van der Waals surface area contributed by atoms with E-state index in [-0.39, 0.29) is 5.82 Å². The lowest BCUT2D eigenvalue weighted by Crippen LogP contribution is -2.43. The maximum atomic E-state index is 13.4. The van der Waals surface area contributed by atoms with Gasteiger partial charge in [0.2, 0.25) is 11.8 Å². The lowest BCUT2D eigenvalue weighted by molar-refractivity contribution is 0.0296. The molecule has 27 heavy (non-hydrogen) atoms. The molecule has 0 bridgehead atoms. The topological polar surface area (TPSA) is 54.6 Å². The van der Waals surface area contributed by atoms with Gasteiger partial charge in [-0.25, -0.2) is 4.39 Å². The molecule has 2 fully saturated rings. The van der Waals surface area contributed by atoms with Crippen LogP contribution in [-0.4, -0.2) is 65.4 Å². The van der Waals surface area contributed by atoms with Crippen molar-refractivity contribution in [2.45, 2.75) is 38.3 Å². The Kier molecular flexibility index (Phi) is 6.11. The van der Waals surface area contributed by atoms with Crippen LogP contribution in [0, 0.1) is 5.82 Å². The quantitative estimate of drug-likeness (QED) is 0.775. The molecule has 1 aromatic carbocycles. The molecule has 0 amide bonds. The molecule has 2 saturated heterocycles. The number of ether oxygens (including phenoxy) is 1. The van der Waals surface area contributed by atoms with E-state index >= 15 is 0 Å². The van der Waals surface area contributed by atoms with E-state index in [0.29, 0.717) is 29.9 Å². The summed E-state index contributed by atoms with van der Waals surface area (Å²) < 4.78 is 24.7. The van der Waals surface area contributed by atoms with Gasteiger partial charge in [-0.15, -0.1) is 10.2 Å². The first kappa shape index (κ1) is 18.5. The van der Waals surface area contributed by atoms with E-state index in [1.807, 2.05) is 0 Å². The van der Waals surface area contributed by atoms with Crippen molar-refractivity contribution in [1.29, 1.82) is 0 Å². The van der Waals surface area contributed by atoms with Gasteiger partial charge in [-0.1, -0.05) is 12.5 Å². The van der Waals surface area contributed by atoms with Crippen molar-refractivity contribution in [2.24, 2.45) is 0 Å². The molecular weight excluding hydrogens is 347 g/mol. The third kappa shape index (κ3) is 4.91. The fourth-order valence-electron chi connectivity index (χ4n) is 3.98. The van der Waals surface area contributed by atoms with E-state index in [2.05, 4.69) is 20.0 Å². The Morgan fingerprint density at radius 3 is 2.85 bits per heavy atom. The monoisotopic (exact) mass is 374 g/mol. The first-order valence-corrected chi connectivity index (χ1v) is 9.90. The summed E-state index contributed by atoms with van der Waals surface area (Å²) in [4.78, 5) is 4.96. The Hall–Kier alpha value is -1.83. The Labute approximate surface area is 159 Å². The van der Waals surface area contributed by atoms with Crippen molar-refractivity contribution in [1.82, 2.24) is 20.0 Å². The van der Waals surface area contributed by atoms with Gasteiger partial charge in [0.05, 0.1) is 19.8 Å². The van der Waals surface area contributed by atoms with Gasteiger partial charge < -0.3 is 9.15 Å². The van der Waals surface area contributed by atoms with Gasteiger partial charge in [0.1, 0.15) is 5.82 Å². The lowest BCUT2D eigenvalue weighted by atomic mass is 9.99. The fourth-order valence-corrected chi connectivity index (χ4v) is 3.98. The van der Waals surface area contributed by atoms with Crippen molar-refractivity contribution in [3.05, 3.63) is 36.0 Å². The molecule has 1 atom stereocenters. The number of piperidine rings is 1. The van der Waals surface area contributed by atoms with Gasteiger partial charge in [-0.2, -0.15) is 0 Å². The largest absolute Gasteiger partial charge is 0.419 e. The van der Waals surface area contributed by atoms with Crippen LogP contribution in [0.1, 0.15) is 31.6 Å². The van der Waals surface area contributed by atoms with E-state index in [0.717, 1.165) is 45.8 Å². The number of rotatable bonds is 6. The summed E-state index contributed by atoms with van der Waals surface area (Å²) in [6, 6.07) is 6.82. The Balaban J connectivity index is 1.36. The van der Waals surface area contributed by atoms with Gasteiger partial charge in [-0.3, -0.25) is 9.80 Å². The van der Waals surface area contributed by atoms with E-state index in [9.17, 15) is 4.39 Å². The second-order valence-electron chi connectivity index (χ2n) is 7.37. The number of halogens is 1. The smallest absolute Gasteiger partial charge is 0.247 e. The molecule has 0 aliphatic carbocycles. The molecule has 0 saturated carbocycles. The first-order chi connectivity index (χ1) is 13.3. The zero-order valence-corrected chi connectivity index (χ0v) is 15.6. The molecule has 146 valence electrons. The summed E-state index contributed by atoms with van der Waals surface area (Å²) in [5.41, 5.74) is 0.622. The van der Waals surface area contributed by atoms with Crippen molar-refractivity contribution in [3.63, 3.8) is 0 Å².